The highest BCUT2D eigenvalue weighted by molar-refractivity contribution is 7.13. The molecule has 0 saturated carbocycles. The standard InChI is InChI=1S/C19H17NO5S/c1-12-14(20-18(25-12)17-4-2-9-26-17)11-24-19(21)13-5-6-15-16(10-13)23-8-3-7-22-15/h2,4-6,9-10H,3,7-8,11H2,1H3. The maximum atomic E-state index is 12.4. The number of carbonyl (C=O) groups excluding carboxylic acids is 1. The highest BCUT2D eigenvalue weighted by Gasteiger charge is 2.17. The molecular weight excluding hydrogens is 354 g/mol. The molecule has 1 aliphatic rings. The lowest BCUT2D eigenvalue weighted by Crippen LogP contribution is -2.06. The van der Waals surface area contributed by atoms with Gasteiger partial charge in [0.05, 0.1) is 23.7 Å². The van der Waals surface area contributed by atoms with E-state index in [4.69, 9.17) is 18.6 Å². The van der Waals surface area contributed by atoms with Crippen molar-refractivity contribution in [3.8, 4) is 22.3 Å². The zero-order valence-electron chi connectivity index (χ0n) is 14.2. The van der Waals surface area contributed by atoms with Crippen LogP contribution in [0.5, 0.6) is 11.5 Å². The molecule has 0 unspecified atom stereocenters. The molecule has 0 aliphatic carbocycles. The molecule has 7 heteroatoms. The zero-order valence-corrected chi connectivity index (χ0v) is 15.0. The van der Waals surface area contributed by atoms with Gasteiger partial charge in [-0.25, -0.2) is 9.78 Å². The summed E-state index contributed by atoms with van der Waals surface area (Å²) < 4.78 is 22.2. The fraction of sp³-hybridized carbons (Fsp3) is 0.263. The van der Waals surface area contributed by atoms with Gasteiger partial charge in [-0.1, -0.05) is 6.07 Å². The number of esters is 1. The summed E-state index contributed by atoms with van der Waals surface area (Å²) in [5.41, 5.74) is 1.02. The van der Waals surface area contributed by atoms with E-state index in [-0.39, 0.29) is 6.61 Å². The van der Waals surface area contributed by atoms with Crippen molar-refractivity contribution in [1.82, 2.24) is 4.98 Å². The lowest BCUT2D eigenvalue weighted by Gasteiger charge is -2.09. The third-order valence-electron chi connectivity index (χ3n) is 3.95. The zero-order chi connectivity index (χ0) is 17.9. The molecule has 0 saturated heterocycles. The predicted octanol–water partition coefficient (Wildman–Crippen LogP) is 4.23. The third kappa shape index (κ3) is 3.43. The molecular formula is C19H17NO5S. The summed E-state index contributed by atoms with van der Waals surface area (Å²) in [6.45, 7) is 3.03. The van der Waals surface area contributed by atoms with E-state index < -0.39 is 5.97 Å². The summed E-state index contributed by atoms with van der Waals surface area (Å²) in [6, 6.07) is 8.92. The number of oxazole rings is 1. The fourth-order valence-electron chi connectivity index (χ4n) is 2.58. The molecule has 3 heterocycles. The second-order valence-corrected chi connectivity index (χ2v) is 6.74. The molecule has 134 valence electrons. The Kier molecular flexibility index (Phi) is 4.62. The van der Waals surface area contributed by atoms with Gasteiger partial charge >= 0.3 is 5.97 Å². The van der Waals surface area contributed by atoms with Crippen LogP contribution < -0.4 is 9.47 Å². The summed E-state index contributed by atoms with van der Waals surface area (Å²) in [7, 11) is 0. The van der Waals surface area contributed by atoms with Crippen LogP contribution in [0.25, 0.3) is 10.8 Å². The summed E-state index contributed by atoms with van der Waals surface area (Å²) >= 11 is 1.54. The maximum absolute atomic E-state index is 12.4. The van der Waals surface area contributed by atoms with E-state index in [1.165, 1.54) is 0 Å². The van der Waals surface area contributed by atoms with Crippen molar-refractivity contribution in [2.45, 2.75) is 20.0 Å². The van der Waals surface area contributed by atoms with Gasteiger partial charge in [0.1, 0.15) is 18.1 Å². The Balaban J connectivity index is 1.45. The van der Waals surface area contributed by atoms with Gasteiger partial charge in [-0.2, -0.15) is 0 Å². The van der Waals surface area contributed by atoms with Gasteiger partial charge in [0.2, 0.25) is 5.89 Å². The van der Waals surface area contributed by atoms with Crippen LogP contribution in [-0.4, -0.2) is 24.2 Å². The van der Waals surface area contributed by atoms with Crippen molar-refractivity contribution in [2.75, 3.05) is 13.2 Å². The molecule has 0 N–H and O–H groups in total. The number of fused-ring (bicyclic) bond motifs is 1. The van der Waals surface area contributed by atoms with E-state index in [0.717, 1.165) is 11.3 Å². The normalized spacial score (nSPS) is 13.3. The fourth-order valence-corrected chi connectivity index (χ4v) is 3.22. The second kappa shape index (κ2) is 7.21. The number of hydrogen-bond acceptors (Lipinski definition) is 7. The number of benzene rings is 1. The molecule has 1 aromatic carbocycles. The third-order valence-corrected chi connectivity index (χ3v) is 4.81. The van der Waals surface area contributed by atoms with E-state index in [9.17, 15) is 4.79 Å². The Morgan fingerprint density at radius 2 is 2.08 bits per heavy atom. The Labute approximate surface area is 154 Å². The van der Waals surface area contributed by atoms with Gasteiger partial charge in [-0.15, -0.1) is 11.3 Å². The Morgan fingerprint density at radius 3 is 2.88 bits per heavy atom. The van der Waals surface area contributed by atoms with Gasteiger partial charge in [-0.3, -0.25) is 0 Å². The number of hydrogen-bond donors (Lipinski definition) is 0. The molecule has 3 aromatic rings. The molecule has 1 aliphatic heterocycles. The molecule has 0 amide bonds. The molecule has 0 atom stereocenters. The number of ether oxygens (including phenoxy) is 3. The molecule has 4 rings (SSSR count). The minimum atomic E-state index is -0.444. The van der Waals surface area contributed by atoms with Crippen LogP contribution in [0.2, 0.25) is 0 Å². The van der Waals surface area contributed by atoms with E-state index in [2.05, 4.69) is 4.98 Å². The van der Waals surface area contributed by atoms with Crippen molar-refractivity contribution >= 4 is 17.3 Å². The molecule has 0 fully saturated rings. The maximum Gasteiger partial charge on any atom is 0.338 e. The topological polar surface area (TPSA) is 70.8 Å². The van der Waals surface area contributed by atoms with Gasteiger partial charge in [0.25, 0.3) is 0 Å². The summed E-state index contributed by atoms with van der Waals surface area (Å²) in [5, 5.41) is 1.96. The quantitative estimate of drug-likeness (QED) is 0.639. The number of nitrogens with zero attached hydrogens (tertiary/aromatic N) is 1. The molecule has 0 radical (unpaired) electrons. The predicted molar refractivity (Wildman–Crippen MR) is 95.7 cm³/mol. The van der Waals surface area contributed by atoms with E-state index in [1.54, 1.807) is 36.5 Å². The smallest absolute Gasteiger partial charge is 0.338 e. The number of carbonyl (C=O) groups is 1. The number of aryl methyl sites for hydroxylation is 1. The van der Waals surface area contributed by atoms with Crippen LogP contribution in [0, 0.1) is 6.92 Å². The molecule has 2 aromatic heterocycles. The minimum Gasteiger partial charge on any atom is -0.490 e. The van der Waals surface area contributed by atoms with Crippen LogP contribution in [0.3, 0.4) is 0 Å². The first-order valence-electron chi connectivity index (χ1n) is 8.27. The Morgan fingerprint density at radius 1 is 1.23 bits per heavy atom. The first-order valence-corrected chi connectivity index (χ1v) is 9.15. The highest BCUT2D eigenvalue weighted by Crippen LogP contribution is 2.31. The van der Waals surface area contributed by atoms with E-state index in [1.807, 2.05) is 17.5 Å². The van der Waals surface area contributed by atoms with Gasteiger partial charge < -0.3 is 18.6 Å². The van der Waals surface area contributed by atoms with Crippen LogP contribution in [0.15, 0.2) is 40.1 Å². The van der Waals surface area contributed by atoms with E-state index >= 15 is 0 Å². The monoisotopic (exact) mass is 371 g/mol. The Hall–Kier alpha value is -2.80. The van der Waals surface area contributed by atoms with Crippen molar-refractivity contribution in [1.29, 1.82) is 0 Å². The number of aromatic nitrogens is 1. The molecule has 0 bridgehead atoms. The second-order valence-electron chi connectivity index (χ2n) is 5.79. The SMILES string of the molecule is Cc1oc(-c2cccs2)nc1COC(=O)c1ccc2c(c1)OCCCO2. The molecule has 26 heavy (non-hydrogen) atoms. The van der Waals surface area contributed by atoms with Crippen molar-refractivity contribution in [3.63, 3.8) is 0 Å². The van der Waals surface area contributed by atoms with Crippen LogP contribution in [0.1, 0.15) is 28.2 Å². The summed E-state index contributed by atoms with van der Waals surface area (Å²) in [4.78, 5) is 17.7. The first-order chi connectivity index (χ1) is 12.7. The van der Waals surface area contributed by atoms with Crippen LogP contribution in [-0.2, 0) is 11.3 Å². The van der Waals surface area contributed by atoms with Gasteiger partial charge in [-0.05, 0) is 36.6 Å². The number of thiophene rings is 1. The lowest BCUT2D eigenvalue weighted by molar-refractivity contribution is 0.0466. The van der Waals surface area contributed by atoms with Crippen molar-refractivity contribution in [2.24, 2.45) is 0 Å². The summed E-state index contributed by atoms with van der Waals surface area (Å²) in [5.74, 6) is 1.95. The van der Waals surface area contributed by atoms with Crippen LogP contribution >= 0.6 is 11.3 Å². The lowest BCUT2D eigenvalue weighted by atomic mass is 10.2. The average molecular weight is 371 g/mol. The average Bonchev–Trinajstić information content (AvgIpc) is 3.24. The molecule has 6 nitrogen and oxygen atoms in total. The van der Waals surface area contributed by atoms with Gasteiger partial charge in [0.15, 0.2) is 11.5 Å². The number of rotatable bonds is 4. The highest BCUT2D eigenvalue weighted by atomic mass is 32.1. The van der Waals surface area contributed by atoms with Crippen molar-refractivity contribution in [3.05, 3.63) is 52.7 Å². The van der Waals surface area contributed by atoms with Gasteiger partial charge in [0, 0.05) is 6.42 Å². The molecule has 0 spiro atoms. The largest absolute Gasteiger partial charge is 0.490 e. The van der Waals surface area contributed by atoms with E-state index in [0.29, 0.717) is 47.6 Å². The van der Waals surface area contributed by atoms with Crippen molar-refractivity contribution < 1.29 is 23.4 Å². The first kappa shape index (κ1) is 16.7. The Bertz CT molecular complexity index is 916. The summed E-state index contributed by atoms with van der Waals surface area (Å²) in [6.07, 6.45) is 0.812. The minimum absolute atomic E-state index is 0.0496. The van der Waals surface area contributed by atoms with Crippen LogP contribution in [0.4, 0.5) is 0 Å².